The van der Waals surface area contributed by atoms with Crippen molar-refractivity contribution >= 4 is 53.1 Å². The summed E-state index contributed by atoms with van der Waals surface area (Å²) in [5.41, 5.74) is 11.5. The van der Waals surface area contributed by atoms with E-state index < -0.39 is 84.8 Å². The predicted octanol–water partition coefficient (Wildman–Crippen LogP) is -1.37. The summed E-state index contributed by atoms with van der Waals surface area (Å²) in [4.78, 5) is 118. The average Bonchev–Trinajstić information content (AvgIpc) is 3.35. The molecule has 2 unspecified atom stereocenters. The molecule has 0 aromatic heterocycles. The summed E-state index contributed by atoms with van der Waals surface area (Å²) in [6, 6.07) is 2.05. The number of carbonyl (C=O) groups excluding carboxylic acids is 6. The number of phenolic OH excluding ortho intramolecular Hbond substituents is 1. The number of rotatable bonds is 18. The fourth-order valence-corrected chi connectivity index (χ4v) is 8.82. The number of amides is 4. The number of fused-ring (bicyclic) bond motifs is 4. The van der Waals surface area contributed by atoms with Crippen molar-refractivity contribution in [3.63, 3.8) is 0 Å². The largest absolute Gasteiger partial charge is 0.508 e. The number of hydrogen-bond donors (Lipinski definition) is 9. The lowest BCUT2D eigenvalue weighted by Gasteiger charge is -2.29. The van der Waals surface area contributed by atoms with E-state index in [4.69, 9.17) is 11.5 Å². The number of nitrogens with zero attached hydrogens (tertiary/aromatic N) is 5. The minimum absolute atomic E-state index is 0.0249. The Labute approximate surface area is 398 Å². The number of aromatic hydroxyl groups is 1. The Balaban J connectivity index is 1.44. The SMILES string of the molecule is NC(N)=NCCC[C@@H]1NC(=O)[C@H](CCCCCC(=O)CN2CCCN3CCCN(CCCN(CC(=O)O)CC3)CC2)NC(=O)[C@@H](Cc2ccc(O)cc2)CC(=O)[C@H](CC(=O)O)NC(=O)CNC1=O. The molecule has 0 spiro atoms. The maximum Gasteiger partial charge on any atom is 0.317 e. The normalized spacial score (nSPS) is 24.7. The molecule has 0 saturated carbocycles. The Morgan fingerprint density at radius 2 is 1.24 bits per heavy atom. The van der Waals surface area contributed by atoms with Gasteiger partial charge in [-0.15, -0.1) is 0 Å². The van der Waals surface area contributed by atoms with E-state index in [1.54, 1.807) is 12.1 Å². The topological polar surface area (TPSA) is 323 Å². The number of phenols is 1. The number of carboxylic acids is 2. The third-order valence-electron chi connectivity index (χ3n) is 12.5. The fraction of sp³-hybridized carbons (Fsp3) is 0.674. The lowest BCUT2D eigenvalue weighted by atomic mass is 9.90. The molecule has 22 nitrogen and oxygen atoms in total. The van der Waals surface area contributed by atoms with E-state index >= 15 is 0 Å². The van der Waals surface area contributed by atoms with Gasteiger partial charge in [0, 0.05) is 58.0 Å². The van der Waals surface area contributed by atoms with Gasteiger partial charge in [0.05, 0.1) is 32.1 Å². The quantitative estimate of drug-likeness (QED) is 0.0466. The number of carboxylic acid groups (broad SMARTS) is 2. The van der Waals surface area contributed by atoms with Gasteiger partial charge in [0.25, 0.3) is 0 Å². The summed E-state index contributed by atoms with van der Waals surface area (Å²) in [5.74, 6) is -7.14. The first-order valence-electron chi connectivity index (χ1n) is 23.9. The second kappa shape index (κ2) is 29.2. The van der Waals surface area contributed by atoms with Gasteiger partial charge in [0.15, 0.2) is 11.7 Å². The Bertz CT molecular complexity index is 1880. The maximum absolute atomic E-state index is 14.2. The van der Waals surface area contributed by atoms with Gasteiger partial charge >= 0.3 is 11.9 Å². The smallest absolute Gasteiger partial charge is 0.317 e. The van der Waals surface area contributed by atoms with Crippen molar-refractivity contribution in [1.82, 2.24) is 40.9 Å². The molecule has 378 valence electrons. The highest BCUT2D eigenvalue weighted by Crippen LogP contribution is 2.20. The van der Waals surface area contributed by atoms with Gasteiger partial charge in [-0.3, -0.25) is 53.1 Å². The first kappa shape index (κ1) is 54.9. The van der Waals surface area contributed by atoms with Crippen LogP contribution in [0.5, 0.6) is 5.75 Å². The van der Waals surface area contributed by atoms with Crippen LogP contribution in [0.1, 0.15) is 82.6 Å². The van der Waals surface area contributed by atoms with Crippen LogP contribution in [-0.2, 0) is 44.8 Å². The molecule has 3 aliphatic heterocycles. The highest BCUT2D eigenvalue weighted by Gasteiger charge is 2.34. The Morgan fingerprint density at radius 1 is 0.647 bits per heavy atom. The van der Waals surface area contributed by atoms with Gasteiger partial charge in [0.1, 0.15) is 23.6 Å². The van der Waals surface area contributed by atoms with Crippen LogP contribution in [-0.4, -0.2) is 198 Å². The second-order valence-corrected chi connectivity index (χ2v) is 18.1. The van der Waals surface area contributed by atoms with Crippen LogP contribution in [0.4, 0.5) is 0 Å². The molecule has 2 bridgehead atoms. The van der Waals surface area contributed by atoms with E-state index in [-0.39, 0.29) is 56.3 Å². The molecule has 3 heterocycles. The second-order valence-electron chi connectivity index (χ2n) is 18.1. The maximum atomic E-state index is 14.2. The standard InChI is InChI=1S/C46H73N11O11/c47-46(48)49-15-4-10-36-44(67)50-29-40(61)51-38(28-41(62)63)39(60)27-33(26-32-11-13-34(58)14-12-32)43(66)52-37(45(68)53-36)9-3-1-2-8-35(59)30-56-20-6-18-55-17-5-16-54(22-24-56)19-7-21-57(25-23-55)31-42(64)65/h11-14,33,36-38,58H,1-10,15-31H2,(H,50,67)(H,51,61)(H,52,66)(H,53,68)(H,62,63)(H,64,65)(H4,47,48,49)/t33-,36-,37-,38-/m0/s1. The number of guanidine groups is 1. The number of benzene rings is 1. The van der Waals surface area contributed by atoms with E-state index in [2.05, 4.69) is 41.0 Å². The first-order valence-corrected chi connectivity index (χ1v) is 23.9. The van der Waals surface area contributed by atoms with E-state index in [9.17, 15) is 53.7 Å². The molecule has 11 N–H and O–H groups in total. The Hall–Kier alpha value is -5.71. The van der Waals surface area contributed by atoms with E-state index in [0.29, 0.717) is 44.3 Å². The summed E-state index contributed by atoms with van der Waals surface area (Å²) in [6.45, 7) is 7.94. The van der Waals surface area contributed by atoms with Crippen molar-refractivity contribution in [3.05, 3.63) is 29.8 Å². The van der Waals surface area contributed by atoms with E-state index in [1.807, 2.05) is 4.90 Å². The van der Waals surface area contributed by atoms with Crippen LogP contribution < -0.4 is 32.7 Å². The number of aliphatic carboxylic acids is 2. The van der Waals surface area contributed by atoms with Crippen LogP contribution >= 0.6 is 0 Å². The summed E-state index contributed by atoms with van der Waals surface area (Å²) in [6.07, 6.45) is 3.65. The van der Waals surface area contributed by atoms with Crippen LogP contribution in [0, 0.1) is 5.92 Å². The molecule has 0 aliphatic carbocycles. The molecule has 4 amide bonds. The van der Waals surface area contributed by atoms with E-state index in [0.717, 1.165) is 78.2 Å². The van der Waals surface area contributed by atoms with Gasteiger partial charge in [0.2, 0.25) is 23.6 Å². The van der Waals surface area contributed by atoms with Crippen LogP contribution in [0.15, 0.2) is 29.3 Å². The number of hydrogen-bond acceptors (Lipinski definition) is 14. The molecule has 22 heteroatoms. The number of carbonyl (C=O) groups is 8. The van der Waals surface area contributed by atoms with Crippen LogP contribution in [0.3, 0.4) is 0 Å². The number of Topliss-reactive ketones (excluding diaryl/α,β-unsaturated/α-hetero) is 2. The first-order chi connectivity index (χ1) is 32.5. The molecular formula is C46H73N11O11. The molecule has 68 heavy (non-hydrogen) atoms. The number of nitrogens with one attached hydrogen (secondary N) is 4. The molecule has 4 rings (SSSR count). The van der Waals surface area contributed by atoms with E-state index in [1.165, 1.54) is 12.1 Å². The number of unbranched alkanes of at least 4 members (excludes halogenated alkanes) is 2. The minimum atomic E-state index is -1.53. The van der Waals surface area contributed by atoms with Gasteiger partial charge < -0.3 is 57.9 Å². The van der Waals surface area contributed by atoms with Crippen molar-refractivity contribution in [3.8, 4) is 5.75 Å². The van der Waals surface area contributed by atoms with Crippen molar-refractivity contribution in [2.24, 2.45) is 22.4 Å². The minimum Gasteiger partial charge on any atom is -0.508 e. The third kappa shape index (κ3) is 21.1. The van der Waals surface area contributed by atoms with Crippen molar-refractivity contribution in [2.75, 3.05) is 91.6 Å². The molecule has 3 fully saturated rings. The van der Waals surface area contributed by atoms with Crippen molar-refractivity contribution in [1.29, 1.82) is 0 Å². The summed E-state index contributed by atoms with van der Waals surface area (Å²) >= 11 is 0. The molecule has 3 aliphatic rings. The lowest BCUT2D eigenvalue weighted by molar-refractivity contribution is -0.141. The third-order valence-corrected chi connectivity index (χ3v) is 12.5. The van der Waals surface area contributed by atoms with Gasteiger partial charge in [-0.25, -0.2) is 0 Å². The molecule has 6 atom stereocenters. The number of ketones is 2. The molecule has 1 aromatic carbocycles. The van der Waals surface area contributed by atoms with Crippen molar-refractivity contribution in [2.45, 2.75) is 102 Å². The van der Waals surface area contributed by atoms with Gasteiger partial charge in [-0.2, -0.15) is 0 Å². The zero-order valence-electron chi connectivity index (χ0n) is 39.2. The fourth-order valence-electron chi connectivity index (χ4n) is 8.82. The molecular weight excluding hydrogens is 883 g/mol. The Morgan fingerprint density at radius 3 is 1.85 bits per heavy atom. The number of aliphatic imine (C=N–C) groups is 1. The molecule has 1 aromatic rings. The predicted molar refractivity (Wildman–Crippen MR) is 251 cm³/mol. The molecule has 0 radical (unpaired) electrons. The Kier molecular flexibility index (Phi) is 23.6. The summed E-state index contributed by atoms with van der Waals surface area (Å²) in [7, 11) is 0. The average molecular weight is 956 g/mol. The van der Waals surface area contributed by atoms with Gasteiger partial charge in [-0.1, -0.05) is 25.0 Å². The van der Waals surface area contributed by atoms with Gasteiger partial charge in [-0.05, 0) is 102 Å². The monoisotopic (exact) mass is 956 g/mol. The zero-order chi connectivity index (χ0) is 49.4. The van der Waals surface area contributed by atoms with Crippen LogP contribution in [0.2, 0.25) is 0 Å². The lowest BCUT2D eigenvalue weighted by Crippen LogP contribution is -2.55. The van der Waals surface area contributed by atoms with Crippen molar-refractivity contribution < 1.29 is 53.7 Å². The molecule has 3 saturated heterocycles. The highest BCUT2D eigenvalue weighted by molar-refractivity contribution is 5.98. The number of nitrogens with two attached hydrogens (primary N) is 2. The highest BCUT2D eigenvalue weighted by atomic mass is 16.4. The zero-order valence-corrected chi connectivity index (χ0v) is 39.2. The summed E-state index contributed by atoms with van der Waals surface area (Å²) < 4.78 is 0. The summed E-state index contributed by atoms with van der Waals surface area (Å²) in [5, 5.41) is 39.2. The van der Waals surface area contributed by atoms with Crippen LogP contribution in [0.25, 0.3) is 0 Å².